The molecule has 0 aliphatic carbocycles. The summed E-state index contributed by atoms with van der Waals surface area (Å²) in [5, 5.41) is 3.21. The third kappa shape index (κ3) is 3.42. The summed E-state index contributed by atoms with van der Waals surface area (Å²) in [4.78, 5) is 14.2. The number of hydrogen-bond donors (Lipinski definition) is 1. The standard InChI is InChI=1S/C13H24N2O2/c1-2-3-11-4-7-15(8-5-11)13(16)12-10-14-6-9-17-12/h11-12,14H,2-10H2,1H3. The molecule has 2 fully saturated rings. The Morgan fingerprint density at radius 2 is 2.18 bits per heavy atom. The Bertz CT molecular complexity index is 244. The van der Waals surface area contributed by atoms with Gasteiger partial charge in [0.1, 0.15) is 6.10 Å². The van der Waals surface area contributed by atoms with E-state index in [0.29, 0.717) is 13.2 Å². The Morgan fingerprint density at radius 3 is 2.76 bits per heavy atom. The number of rotatable bonds is 3. The van der Waals surface area contributed by atoms with Crippen LogP contribution in [0.1, 0.15) is 32.6 Å². The number of carbonyl (C=O) groups is 1. The van der Waals surface area contributed by atoms with E-state index in [4.69, 9.17) is 4.74 Å². The second-order valence-electron chi connectivity index (χ2n) is 5.12. The molecule has 0 spiro atoms. The van der Waals surface area contributed by atoms with Crippen molar-refractivity contribution in [2.75, 3.05) is 32.8 Å². The number of morpholine rings is 1. The normalized spacial score (nSPS) is 27.1. The molecule has 1 atom stereocenters. The molecule has 2 aliphatic rings. The van der Waals surface area contributed by atoms with Gasteiger partial charge in [-0.2, -0.15) is 0 Å². The Balaban J connectivity index is 1.77. The van der Waals surface area contributed by atoms with Crippen LogP contribution in [0.15, 0.2) is 0 Å². The number of ether oxygens (including phenoxy) is 1. The summed E-state index contributed by atoms with van der Waals surface area (Å²) in [6, 6.07) is 0. The third-order valence-electron chi connectivity index (χ3n) is 3.83. The number of amides is 1. The zero-order chi connectivity index (χ0) is 12.1. The van der Waals surface area contributed by atoms with Crippen molar-refractivity contribution in [2.45, 2.75) is 38.7 Å². The Labute approximate surface area is 104 Å². The monoisotopic (exact) mass is 240 g/mol. The number of likely N-dealkylation sites (tertiary alicyclic amines) is 1. The van der Waals surface area contributed by atoms with Crippen LogP contribution in [0.4, 0.5) is 0 Å². The molecule has 1 N–H and O–H groups in total. The number of hydrogen-bond acceptors (Lipinski definition) is 3. The van der Waals surface area contributed by atoms with Gasteiger partial charge in [-0.3, -0.25) is 4.79 Å². The highest BCUT2D eigenvalue weighted by Crippen LogP contribution is 2.22. The lowest BCUT2D eigenvalue weighted by molar-refractivity contribution is -0.146. The van der Waals surface area contributed by atoms with Gasteiger partial charge < -0.3 is 15.0 Å². The lowest BCUT2D eigenvalue weighted by Crippen LogP contribution is -2.51. The van der Waals surface area contributed by atoms with Crippen LogP contribution in [0.3, 0.4) is 0 Å². The van der Waals surface area contributed by atoms with Crippen LogP contribution in [-0.2, 0) is 9.53 Å². The summed E-state index contributed by atoms with van der Waals surface area (Å²) in [6.07, 6.45) is 4.66. The second-order valence-corrected chi connectivity index (χ2v) is 5.12. The molecule has 17 heavy (non-hydrogen) atoms. The Kier molecular flexibility index (Phi) is 4.80. The summed E-state index contributed by atoms with van der Waals surface area (Å²) >= 11 is 0. The van der Waals surface area contributed by atoms with E-state index in [-0.39, 0.29) is 12.0 Å². The minimum atomic E-state index is -0.244. The molecule has 2 heterocycles. The zero-order valence-electron chi connectivity index (χ0n) is 10.8. The molecule has 0 bridgehead atoms. The van der Waals surface area contributed by atoms with Crippen molar-refractivity contribution < 1.29 is 9.53 Å². The lowest BCUT2D eigenvalue weighted by Gasteiger charge is -2.35. The van der Waals surface area contributed by atoms with E-state index in [2.05, 4.69) is 12.2 Å². The first kappa shape index (κ1) is 12.8. The van der Waals surface area contributed by atoms with Gasteiger partial charge in [-0.1, -0.05) is 19.8 Å². The minimum absolute atomic E-state index is 0.187. The lowest BCUT2D eigenvalue weighted by atomic mass is 9.92. The molecule has 0 aromatic rings. The van der Waals surface area contributed by atoms with Crippen molar-refractivity contribution in [3.63, 3.8) is 0 Å². The third-order valence-corrected chi connectivity index (χ3v) is 3.83. The van der Waals surface area contributed by atoms with Crippen LogP contribution in [0.2, 0.25) is 0 Å². The average molecular weight is 240 g/mol. The topological polar surface area (TPSA) is 41.6 Å². The van der Waals surface area contributed by atoms with Crippen LogP contribution in [0.25, 0.3) is 0 Å². The molecule has 4 nitrogen and oxygen atoms in total. The average Bonchev–Trinajstić information content (AvgIpc) is 2.40. The van der Waals surface area contributed by atoms with Gasteiger partial charge >= 0.3 is 0 Å². The van der Waals surface area contributed by atoms with E-state index < -0.39 is 0 Å². The summed E-state index contributed by atoms with van der Waals surface area (Å²) in [6.45, 7) is 6.27. The number of piperidine rings is 1. The van der Waals surface area contributed by atoms with Gasteiger partial charge in [0.2, 0.25) is 0 Å². The molecule has 1 amide bonds. The van der Waals surface area contributed by atoms with Crippen molar-refractivity contribution in [3.05, 3.63) is 0 Å². The van der Waals surface area contributed by atoms with Gasteiger partial charge in [0.25, 0.3) is 5.91 Å². The summed E-state index contributed by atoms with van der Waals surface area (Å²) in [5.41, 5.74) is 0. The van der Waals surface area contributed by atoms with E-state index in [1.807, 2.05) is 4.90 Å². The Morgan fingerprint density at radius 1 is 1.41 bits per heavy atom. The van der Waals surface area contributed by atoms with Gasteiger partial charge in [-0.15, -0.1) is 0 Å². The molecule has 0 aromatic heterocycles. The summed E-state index contributed by atoms with van der Waals surface area (Å²) in [7, 11) is 0. The predicted molar refractivity (Wildman–Crippen MR) is 66.8 cm³/mol. The van der Waals surface area contributed by atoms with Crippen LogP contribution in [0.5, 0.6) is 0 Å². The van der Waals surface area contributed by atoms with Gasteiger partial charge in [0.15, 0.2) is 0 Å². The van der Waals surface area contributed by atoms with E-state index in [1.165, 1.54) is 25.7 Å². The molecule has 98 valence electrons. The maximum atomic E-state index is 12.2. The zero-order valence-corrected chi connectivity index (χ0v) is 10.8. The summed E-state index contributed by atoms with van der Waals surface area (Å²) in [5.74, 6) is 1.02. The largest absolute Gasteiger partial charge is 0.366 e. The fraction of sp³-hybridized carbons (Fsp3) is 0.923. The van der Waals surface area contributed by atoms with Gasteiger partial charge in [0, 0.05) is 26.2 Å². The van der Waals surface area contributed by atoms with Crippen molar-refractivity contribution in [3.8, 4) is 0 Å². The van der Waals surface area contributed by atoms with Crippen molar-refractivity contribution >= 4 is 5.91 Å². The molecule has 0 saturated carbocycles. The molecular weight excluding hydrogens is 216 g/mol. The van der Waals surface area contributed by atoms with Crippen molar-refractivity contribution in [1.29, 1.82) is 0 Å². The highest BCUT2D eigenvalue weighted by atomic mass is 16.5. The highest BCUT2D eigenvalue weighted by molar-refractivity contribution is 5.81. The van der Waals surface area contributed by atoms with E-state index in [1.54, 1.807) is 0 Å². The Hall–Kier alpha value is -0.610. The van der Waals surface area contributed by atoms with Crippen LogP contribution < -0.4 is 5.32 Å². The van der Waals surface area contributed by atoms with E-state index >= 15 is 0 Å². The highest BCUT2D eigenvalue weighted by Gasteiger charge is 2.29. The molecular formula is C13H24N2O2. The molecule has 2 saturated heterocycles. The van der Waals surface area contributed by atoms with Crippen LogP contribution in [0, 0.1) is 5.92 Å². The number of nitrogens with zero attached hydrogens (tertiary/aromatic N) is 1. The maximum Gasteiger partial charge on any atom is 0.253 e. The van der Waals surface area contributed by atoms with Gasteiger partial charge in [0.05, 0.1) is 6.61 Å². The maximum absolute atomic E-state index is 12.2. The molecule has 4 heteroatoms. The molecule has 0 radical (unpaired) electrons. The quantitative estimate of drug-likeness (QED) is 0.800. The van der Waals surface area contributed by atoms with Gasteiger partial charge in [-0.25, -0.2) is 0 Å². The fourth-order valence-electron chi connectivity index (χ4n) is 2.78. The molecule has 2 rings (SSSR count). The van der Waals surface area contributed by atoms with E-state index in [9.17, 15) is 4.79 Å². The molecule has 1 unspecified atom stereocenters. The van der Waals surface area contributed by atoms with Crippen LogP contribution >= 0.6 is 0 Å². The van der Waals surface area contributed by atoms with Crippen LogP contribution in [-0.4, -0.2) is 49.7 Å². The minimum Gasteiger partial charge on any atom is -0.366 e. The first-order chi connectivity index (χ1) is 8.31. The smallest absolute Gasteiger partial charge is 0.253 e. The first-order valence-electron chi connectivity index (χ1n) is 6.92. The van der Waals surface area contributed by atoms with Crippen molar-refractivity contribution in [2.24, 2.45) is 5.92 Å². The predicted octanol–water partition coefficient (Wildman–Crippen LogP) is 1.01. The second kappa shape index (κ2) is 6.36. The SMILES string of the molecule is CCCC1CCN(C(=O)C2CNCCO2)CC1. The molecule has 0 aromatic carbocycles. The number of carbonyl (C=O) groups excluding carboxylic acids is 1. The first-order valence-corrected chi connectivity index (χ1v) is 6.92. The van der Waals surface area contributed by atoms with Gasteiger partial charge in [-0.05, 0) is 18.8 Å². The molecule has 2 aliphatic heterocycles. The summed E-state index contributed by atoms with van der Waals surface area (Å²) < 4.78 is 5.51. The van der Waals surface area contributed by atoms with E-state index in [0.717, 1.165) is 25.6 Å². The van der Waals surface area contributed by atoms with Crippen molar-refractivity contribution in [1.82, 2.24) is 10.2 Å². The number of nitrogens with one attached hydrogen (secondary N) is 1. The fourth-order valence-corrected chi connectivity index (χ4v) is 2.78.